The van der Waals surface area contributed by atoms with Crippen molar-refractivity contribution >= 4 is 23.4 Å². The van der Waals surface area contributed by atoms with Crippen LogP contribution in [0, 0.1) is 5.82 Å². The van der Waals surface area contributed by atoms with Crippen LogP contribution in [-0.2, 0) is 4.74 Å². The van der Waals surface area contributed by atoms with E-state index in [1.807, 2.05) is 32.9 Å². The average molecular weight is 457 g/mol. The largest absolute Gasteiger partial charge is 0.444 e. The number of nitrogens with one attached hydrogen (secondary N) is 1. The van der Waals surface area contributed by atoms with E-state index < -0.39 is 5.60 Å². The monoisotopic (exact) mass is 456 g/mol. The van der Waals surface area contributed by atoms with E-state index in [9.17, 15) is 9.18 Å². The van der Waals surface area contributed by atoms with Gasteiger partial charge < -0.3 is 24.8 Å². The first kappa shape index (κ1) is 23.1. The highest BCUT2D eigenvalue weighted by atomic mass is 19.1. The van der Waals surface area contributed by atoms with Crippen molar-refractivity contribution in [2.24, 2.45) is 0 Å². The van der Waals surface area contributed by atoms with Crippen LogP contribution < -0.4 is 15.1 Å². The quantitative estimate of drug-likeness (QED) is 0.751. The first-order chi connectivity index (χ1) is 15.8. The Kier molecular flexibility index (Phi) is 6.85. The molecule has 1 aromatic carbocycles. The molecule has 2 aliphatic heterocycles. The van der Waals surface area contributed by atoms with Crippen LogP contribution in [-0.4, -0.2) is 71.9 Å². The van der Waals surface area contributed by atoms with Gasteiger partial charge in [-0.1, -0.05) is 6.07 Å². The maximum Gasteiger partial charge on any atom is 0.410 e. The third-order valence-corrected chi connectivity index (χ3v) is 5.85. The van der Waals surface area contributed by atoms with Crippen molar-refractivity contribution < 1.29 is 13.9 Å². The highest BCUT2D eigenvalue weighted by Gasteiger charge is 2.27. The lowest BCUT2D eigenvalue weighted by Crippen LogP contribution is -2.50. The van der Waals surface area contributed by atoms with Gasteiger partial charge in [0.15, 0.2) is 0 Å². The van der Waals surface area contributed by atoms with Crippen molar-refractivity contribution in [3.63, 3.8) is 0 Å². The van der Waals surface area contributed by atoms with Crippen LogP contribution in [0.2, 0.25) is 0 Å². The molecule has 0 aliphatic carbocycles. The molecule has 0 spiro atoms. The molecule has 1 aromatic heterocycles. The van der Waals surface area contributed by atoms with Gasteiger partial charge in [0.1, 0.15) is 29.4 Å². The standard InChI is InChI=1S/C24H33FN6O2/c1-24(2,3)33-23(32)30-12-10-29(11-13-30)22-15-21(26-17-27-22)28-19-7-5-9-31(16-19)20-8-4-6-18(25)14-20/h4,6,8,14-15,17,19H,5,7,9-13,16H2,1-3H3,(H,26,27,28)/t19-/m1/s1. The summed E-state index contributed by atoms with van der Waals surface area (Å²) in [7, 11) is 0. The van der Waals surface area contributed by atoms with Crippen molar-refractivity contribution in [2.45, 2.75) is 45.3 Å². The Balaban J connectivity index is 1.33. The van der Waals surface area contributed by atoms with Crippen molar-refractivity contribution in [1.82, 2.24) is 14.9 Å². The summed E-state index contributed by atoms with van der Waals surface area (Å²) in [6.07, 6.45) is 3.36. The Morgan fingerprint density at radius 3 is 2.61 bits per heavy atom. The summed E-state index contributed by atoms with van der Waals surface area (Å²) in [6, 6.07) is 8.94. The topological polar surface area (TPSA) is 73.8 Å². The fraction of sp³-hybridized carbons (Fsp3) is 0.542. The molecule has 0 unspecified atom stereocenters. The predicted molar refractivity (Wildman–Crippen MR) is 127 cm³/mol. The number of rotatable bonds is 4. The molecule has 2 aromatic rings. The van der Waals surface area contributed by atoms with Crippen molar-refractivity contribution in [1.29, 1.82) is 0 Å². The lowest BCUT2D eigenvalue weighted by Gasteiger charge is -2.36. The van der Waals surface area contributed by atoms with Crippen LogP contribution in [0.15, 0.2) is 36.7 Å². The highest BCUT2D eigenvalue weighted by molar-refractivity contribution is 5.68. The van der Waals surface area contributed by atoms with Crippen LogP contribution >= 0.6 is 0 Å². The number of halogens is 1. The Hall–Kier alpha value is -3.10. The molecule has 2 fully saturated rings. The van der Waals surface area contributed by atoms with Gasteiger partial charge in [0.25, 0.3) is 0 Å². The van der Waals surface area contributed by atoms with Crippen molar-refractivity contribution in [2.75, 3.05) is 54.4 Å². The predicted octanol–water partition coefficient (Wildman–Crippen LogP) is 3.75. The smallest absolute Gasteiger partial charge is 0.410 e. The first-order valence-corrected chi connectivity index (χ1v) is 11.6. The lowest BCUT2D eigenvalue weighted by molar-refractivity contribution is 0.0240. The number of carbonyl (C=O) groups excluding carboxylic acids is 1. The van der Waals surface area contributed by atoms with Gasteiger partial charge in [0, 0.05) is 57.1 Å². The fourth-order valence-electron chi connectivity index (χ4n) is 4.25. The first-order valence-electron chi connectivity index (χ1n) is 11.6. The number of aromatic nitrogens is 2. The molecule has 0 radical (unpaired) electrons. The van der Waals surface area contributed by atoms with Crippen LogP contribution in [0.5, 0.6) is 0 Å². The summed E-state index contributed by atoms with van der Waals surface area (Å²) < 4.78 is 19.1. The molecule has 1 N–H and O–H groups in total. The molecule has 178 valence electrons. The Morgan fingerprint density at radius 2 is 1.88 bits per heavy atom. The van der Waals surface area contributed by atoms with Gasteiger partial charge in [-0.05, 0) is 51.8 Å². The minimum atomic E-state index is -0.495. The number of carbonyl (C=O) groups is 1. The third kappa shape index (κ3) is 6.24. The number of piperidine rings is 1. The van der Waals surface area contributed by atoms with Crippen LogP contribution in [0.3, 0.4) is 0 Å². The fourth-order valence-corrected chi connectivity index (χ4v) is 4.25. The molecule has 0 saturated carbocycles. The van der Waals surface area contributed by atoms with Gasteiger partial charge >= 0.3 is 6.09 Å². The molecule has 33 heavy (non-hydrogen) atoms. The molecule has 1 atom stereocenters. The van der Waals surface area contributed by atoms with E-state index >= 15 is 0 Å². The number of ether oxygens (including phenoxy) is 1. The summed E-state index contributed by atoms with van der Waals surface area (Å²) in [6.45, 7) is 9.88. The Labute approximate surface area is 194 Å². The molecule has 4 rings (SSSR count). The second kappa shape index (κ2) is 9.80. The Bertz CT molecular complexity index is 958. The van der Waals surface area contributed by atoms with Gasteiger partial charge in [-0.25, -0.2) is 19.2 Å². The average Bonchev–Trinajstić information content (AvgIpc) is 2.78. The molecular weight excluding hydrogens is 423 g/mol. The molecule has 8 nitrogen and oxygen atoms in total. The number of hydrogen-bond donors (Lipinski definition) is 1. The number of nitrogens with zero attached hydrogens (tertiary/aromatic N) is 5. The van der Waals surface area contributed by atoms with Crippen LogP contribution in [0.25, 0.3) is 0 Å². The number of hydrogen-bond acceptors (Lipinski definition) is 7. The van der Waals surface area contributed by atoms with Crippen LogP contribution in [0.4, 0.5) is 26.5 Å². The number of benzene rings is 1. The van der Waals surface area contributed by atoms with E-state index in [1.165, 1.54) is 6.07 Å². The molecule has 1 amide bonds. The van der Waals surface area contributed by atoms with E-state index in [2.05, 4.69) is 25.1 Å². The second-order valence-electron chi connectivity index (χ2n) is 9.63. The minimum absolute atomic E-state index is 0.213. The van der Waals surface area contributed by atoms with E-state index in [-0.39, 0.29) is 18.0 Å². The van der Waals surface area contributed by atoms with Gasteiger partial charge in [-0.3, -0.25) is 0 Å². The number of piperazine rings is 1. The highest BCUT2D eigenvalue weighted by Crippen LogP contribution is 2.24. The normalized spacial score (nSPS) is 19.4. The van der Waals surface area contributed by atoms with E-state index in [0.29, 0.717) is 26.2 Å². The summed E-state index contributed by atoms with van der Waals surface area (Å²) in [5.41, 5.74) is 0.415. The molecule has 2 aliphatic rings. The lowest BCUT2D eigenvalue weighted by atomic mass is 10.0. The zero-order valence-electron chi connectivity index (χ0n) is 19.6. The zero-order chi connectivity index (χ0) is 23.4. The van der Waals surface area contributed by atoms with E-state index in [1.54, 1.807) is 23.4 Å². The van der Waals surface area contributed by atoms with Crippen molar-refractivity contribution in [3.05, 3.63) is 42.5 Å². The van der Waals surface area contributed by atoms with Gasteiger partial charge in [-0.15, -0.1) is 0 Å². The molecule has 3 heterocycles. The van der Waals surface area contributed by atoms with Gasteiger partial charge in [-0.2, -0.15) is 0 Å². The zero-order valence-corrected chi connectivity index (χ0v) is 19.6. The molecular formula is C24H33FN6O2. The summed E-state index contributed by atoms with van der Waals surface area (Å²) in [5.74, 6) is 1.41. The second-order valence-corrected chi connectivity index (χ2v) is 9.63. The SMILES string of the molecule is CC(C)(C)OC(=O)N1CCN(c2cc(N[C@@H]3CCCN(c4cccc(F)c4)C3)ncn2)CC1. The van der Waals surface area contributed by atoms with Crippen molar-refractivity contribution in [3.8, 4) is 0 Å². The molecule has 9 heteroatoms. The number of amides is 1. The van der Waals surface area contributed by atoms with Gasteiger partial charge in [0.05, 0.1) is 0 Å². The van der Waals surface area contributed by atoms with Crippen LogP contribution in [0.1, 0.15) is 33.6 Å². The minimum Gasteiger partial charge on any atom is -0.444 e. The summed E-state index contributed by atoms with van der Waals surface area (Å²) in [5, 5.41) is 3.53. The van der Waals surface area contributed by atoms with E-state index in [4.69, 9.17) is 4.74 Å². The summed E-state index contributed by atoms with van der Waals surface area (Å²) in [4.78, 5) is 27.3. The van der Waals surface area contributed by atoms with E-state index in [0.717, 1.165) is 43.3 Å². The Morgan fingerprint density at radius 1 is 1.09 bits per heavy atom. The number of anilines is 3. The summed E-state index contributed by atoms with van der Waals surface area (Å²) >= 11 is 0. The maximum absolute atomic E-state index is 13.6. The third-order valence-electron chi connectivity index (χ3n) is 5.85. The molecule has 2 saturated heterocycles. The molecule has 0 bridgehead atoms. The maximum atomic E-state index is 13.6. The van der Waals surface area contributed by atoms with Gasteiger partial charge in [0.2, 0.25) is 0 Å².